The van der Waals surface area contributed by atoms with Gasteiger partial charge >= 0.3 is 6.03 Å². The Morgan fingerprint density at radius 3 is 2.69 bits per heavy atom. The molecule has 2 amide bonds. The second kappa shape index (κ2) is 3.45. The highest BCUT2D eigenvalue weighted by molar-refractivity contribution is 6.03. The second-order valence-corrected chi connectivity index (χ2v) is 4.97. The number of amides is 2. The molecule has 0 aromatic heterocycles. The molecule has 3 aliphatic rings. The van der Waals surface area contributed by atoms with Crippen LogP contribution in [0, 0.1) is 0 Å². The summed E-state index contributed by atoms with van der Waals surface area (Å²) in [6.45, 7) is 2.06. The molecule has 0 bridgehead atoms. The van der Waals surface area contributed by atoms with Gasteiger partial charge in [-0.05, 0) is 32.6 Å². The molecule has 16 heavy (non-hydrogen) atoms. The van der Waals surface area contributed by atoms with Crippen LogP contribution in [0.2, 0.25) is 0 Å². The number of hydrogen-bond acceptors (Lipinski definition) is 3. The van der Waals surface area contributed by atoms with Gasteiger partial charge in [-0.1, -0.05) is 0 Å². The van der Waals surface area contributed by atoms with Crippen LogP contribution in [0.15, 0.2) is 4.99 Å². The van der Waals surface area contributed by atoms with Crippen LogP contribution < -0.4 is 5.73 Å². The topological polar surface area (TPSA) is 67.9 Å². The third kappa shape index (κ3) is 1.50. The third-order valence-corrected chi connectivity index (χ3v) is 3.61. The molecule has 3 rings (SSSR count). The lowest BCUT2D eigenvalue weighted by Crippen LogP contribution is -2.49. The van der Waals surface area contributed by atoms with Gasteiger partial charge in [0.2, 0.25) is 0 Å². The van der Waals surface area contributed by atoms with Crippen molar-refractivity contribution in [1.82, 2.24) is 4.90 Å². The molecule has 2 aliphatic heterocycles. The molecule has 5 heteroatoms. The molecule has 2 heterocycles. The monoisotopic (exact) mass is 223 g/mol. The van der Waals surface area contributed by atoms with Gasteiger partial charge in [0.15, 0.2) is 0 Å². The molecule has 0 radical (unpaired) electrons. The molecule has 0 aromatic carbocycles. The lowest BCUT2D eigenvalue weighted by atomic mass is 10.1. The van der Waals surface area contributed by atoms with E-state index in [0.717, 1.165) is 25.7 Å². The summed E-state index contributed by atoms with van der Waals surface area (Å²) >= 11 is 0. The Labute approximate surface area is 94.6 Å². The molecule has 2 fully saturated rings. The molecule has 2 N–H and O–H groups in total. The number of aliphatic imine (C=N–C) groups is 1. The summed E-state index contributed by atoms with van der Waals surface area (Å²) in [5.74, 6) is 0.441. The van der Waals surface area contributed by atoms with Gasteiger partial charge in [0.25, 0.3) is 0 Å². The van der Waals surface area contributed by atoms with Crippen molar-refractivity contribution in [3.8, 4) is 0 Å². The highest BCUT2D eigenvalue weighted by Crippen LogP contribution is 2.35. The van der Waals surface area contributed by atoms with Crippen LogP contribution in [-0.2, 0) is 4.74 Å². The molecule has 0 spiro atoms. The van der Waals surface area contributed by atoms with Crippen molar-refractivity contribution in [3.63, 3.8) is 0 Å². The van der Waals surface area contributed by atoms with E-state index in [-0.39, 0.29) is 24.3 Å². The van der Waals surface area contributed by atoms with Crippen molar-refractivity contribution in [2.75, 3.05) is 0 Å². The van der Waals surface area contributed by atoms with Crippen LogP contribution in [0.25, 0.3) is 0 Å². The standard InChI is InChI=1S/C11H17N3O2/c1-6-2-5-8(16-6)9-10(12)13-11(15)14(9)7-3-4-7/h6-9H,2-5H2,1H3,(H2,12,13,15). The smallest absolute Gasteiger partial charge is 0.346 e. The van der Waals surface area contributed by atoms with E-state index in [1.54, 1.807) is 0 Å². The molecule has 88 valence electrons. The maximum absolute atomic E-state index is 11.7. The molecule has 5 nitrogen and oxygen atoms in total. The minimum absolute atomic E-state index is 0.0470. The zero-order valence-corrected chi connectivity index (χ0v) is 9.43. The van der Waals surface area contributed by atoms with Crippen LogP contribution in [0.4, 0.5) is 4.79 Å². The first-order chi connectivity index (χ1) is 7.66. The molecule has 1 aliphatic carbocycles. The van der Waals surface area contributed by atoms with Crippen molar-refractivity contribution in [2.24, 2.45) is 10.7 Å². The zero-order valence-electron chi connectivity index (χ0n) is 9.43. The van der Waals surface area contributed by atoms with Crippen LogP contribution in [0.5, 0.6) is 0 Å². The zero-order chi connectivity index (χ0) is 11.3. The highest BCUT2D eigenvalue weighted by atomic mass is 16.5. The minimum atomic E-state index is -0.173. The number of ether oxygens (including phenoxy) is 1. The van der Waals surface area contributed by atoms with Gasteiger partial charge in [0.1, 0.15) is 11.9 Å². The lowest BCUT2D eigenvalue weighted by molar-refractivity contribution is 0.0247. The maximum Gasteiger partial charge on any atom is 0.346 e. The van der Waals surface area contributed by atoms with Crippen molar-refractivity contribution in [2.45, 2.75) is 56.9 Å². The number of carbonyl (C=O) groups is 1. The molecule has 1 saturated carbocycles. The first kappa shape index (κ1) is 10.1. The highest BCUT2D eigenvalue weighted by Gasteiger charge is 2.48. The van der Waals surface area contributed by atoms with Gasteiger partial charge in [0.05, 0.1) is 12.2 Å². The Balaban J connectivity index is 1.80. The predicted molar refractivity (Wildman–Crippen MR) is 59.2 cm³/mol. The van der Waals surface area contributed by atoms with Crippen molar-refractivity contribution >= 4 is 11.9 Å². The maximum atomic E-state index is 11.7. The quantitative estimate of drug-likeness (QED) is 0.755. The summed E-state index contributed by atoms with van der Waals surface area (Å²) in [6, 6.07) is 0.0694. The molecular weight excluding hydrogens is 206 g/mol. The Bertz CT molecular complexity index is 351. The van der Waals surface area contributed by atoms with Gasteiger partial charge < -0.3 is 15.4 Å². The largest absolute Gasteiger partial charge is 0.385 e. The minimum Gasteiger partial charge on any atom is -0.385 e. The SMILES string of the molecule is CC1CCC(C2C(N)=NC(=O)N2C2CC2)O1. The fourth-order valence-electron chi connectivity index (χ4n) is 2.67. The van der Waals surface area contributed by atoms with Gasteiger partial charge in [0, 0.05) is 6.04 Å². The van der Waals surface area contributed by atoms with E-state index < -0.39 is 0 Å². The Hall–Kier alpha value is -1.10. The molecule has 3 atom stereocenters. The van der Waals surface area contributed by atoms with Crippen LogP contribution in [0.1, 0.15) is 32.6 Å². The van der Waals surface area contributed by atoms with Crippen molar-refractivity contribution in [3.05, 3.63) is 0 Å². The van der Waals surface area contributed by atoms with E-state index in [4.69, 9.17) is 10.5 Å². The molecule has 0 aromatic rings. The number of rotatable bonds is 2. The third-order valence-electron chi connectivity index (χ3n) is 3.61. The first-order valence-corrected chi connectivity index (χ1v) is 5.98. The van der Waals surface area contributed by atoms with Crippen LogP contribution >= 0.6 is 0 Å². The Morgan fingerprint density at radius 1 is 1.38 bits per heavy atom. The molecular formula is C11H17N3O2. The van der Waals surface area contributed by atoms with E-state index in [1.165, 1.54) is 0 Å². The van der Waals surface area contributed by atoms with Crippen molar-refractivity contribution < 1.29 is 9.53 Å². The summed E-state index contributed by atoms with van der Waals surface area (Å²) < 4.78 is 5.82. The van der Waals surface area contributed by atoms with E-state index in [2.05, 4.69) is 11.9 Å². The van der Waals surface area contributed by atoms with Gasteiger partial charge in [-0.25, -0.2) is 4.79 Å². The molecule has 1 saturated heterocycles. The van der Waals surface area contributed by atoms with Crippen LogP contribution in [-0.4, -0.2) is 41.1 Å². The van der Waals surface area contributed by atoms with E-state index in [9.17, 15) is 4.79 Å². The fraction of sp³-hybridized carbons (Fsp3) is 0.818. The van der Waals surface area contributed by atoms with Gasteiger partial charge in [-0.3, -0.25) is 0 Å². The Kier molecular flexibility index (Phi) is 2.17. The summed E-state index contributed by atoms with van der Waals surface area (Å²) in [6.07, 6.45) is 4.49. The number of amidine groups is 1. The number of nitrogens with two attached hydrogens (primary N) is 1. The van der Waals surface area contributed by atoms with E-state index in [0.29, 0.717) is 11.9 Å². The van der Waals surface area contributed by atoms with Gasteiger partial charge in [-0.2, -0.15) is 4.99 Å². The average molecular weight is 223 g/mol. The second-order valence-electron chi connectivity index (χ2n) is 4.97. The summed E-state index contributed by atoms with van der Waals surface area (Å²) in [5.41, 5.74) is 5.86. The number of nitrogens with zero attached hydrogens (tertiary/aromatic N) is 2. The number of carbonyl (C=O) groups excluding carboxylic acids is 1. The first-order valence-electron chi connectivity index (χ1n) is 5.98. The summed E-state index contributed by atoms with van der Waals surface area (Å²) in [5, 5.41) is 0. The van der Waals surface area contributed by atoms with E-state index in [1.807, 2.05) is 4.90 Å². The Morgan fingerprint density at radius 2 is 2.12 bits per heavy atom. The summed E-state index contributed by atoms with van der Waals surface area (Å²) in [7, 11) is 0. The number of urea groups is 1. The number of hydrogen-bond donors (Lipinski definition) is 1. The lowest BCUT2D eigenvalue weighted by Gasteiger charge is -2.28. The summed E-state index contributed by atoms with van der Waals surface area (Å²) in [4.78, 5) is 17.4. The molecule has 3 unspecified atom stereocenters. The van der Waals surface area contributed by atoms with Crippen LogP contribution in [0.3, 0.4) is 0 Å². The predicted octanol–water partition coefficient (Wildman–Crippen LogP) is 0.878. The van der Waals surface area contributed by atoms with Gasteiger partial charge in [-0.15, -0.1) is 0 Å². The van der Waals surface area contributed by atoms with E-state index >= 15 is 0 Å². The normalized spacial score (nSPS) is 39.3. The van der Waals surface area contributed by atoms with Crippen molar-refractivity contribution in [1.29, 1.82) is 0 Å². The average Bonchev–Trinajstić information content (AvgIpc) is 2.90. The fourth-order valence-corrected chi connectivity index (χ4v) is 2.67.